The number of hydrogen-bond donors (Lipinski definition) is 2. The summed E-state index contributed by atoms with van der Waals surface area (Å²) in [6, 6.07) is 0.649. The van der Waals surface area contributed by atoms with E-state index in [2.05, 4.69) is 24.5 Å². The van der Waals surface area contributed by atoms with Gasteiger partial charge in [-0.2, -0.15) is 0 Å². The zero-order valence-electron chi connectivity index (χ0n) is 14.0. The van der Waals surface area contributed by atoms with Crippen LogP contribution in [0.25, 0.3) is 0 Å². The van der Waals surface area contributed by atoms with E-state index in [0.29, 0.717) is 12.0 Å². The van der Waals surface area contributed by atoms with E-state index in [1.54, 1.807) is 0 Å². The van der Waals surface area contributed by atoms with E-state index in [1.807, 2.05) is 27.7 Å². The van der Waals surface area contributed by atoms with Crippen LogP contribution in [0.3, 0.4) is 0 Å². The van der Waals surface area contributed by atoms with Crippen molar-refractivity contribution in [1.29, 1.82) is 0 Å². The highest BCUT2D eigenvalue weighted by molar-refractivity contribution is 5.68. The van der Waals surface area contributed by atoms with E-state index in [0.717, 1.165) is 12.5 Å². The third-order valence-corrected chi connectivity index (χ3v) is 4.16. The summed E-state index contributed by atoms with van der Waals surface area (Å²) < 4.78 is 5.26. The molecule has 0 aliphatic heterocycles. The summed E-state index contributed by atoms with van der Waals surface area (Å²) in [6.07, 6.45) is 3.55. The van der Waals surface area contributed by atoms with E-state index < -0.39 is 5.60 Å². The molecule has 0 aromatic rings. The van der Waals surface area contributed by atoms with Crippen molar-refractivity contribution in [3.05, 3.63) is 0 Å². The Bertz CT molecular complexity index is 312. The topological polar surface area (TPSA) is 50.4 Å². The molecule has 4 atom stereocenters. The van der Waals surface area contributed by atoms with Gasteiger partial charge in [0.1, 0.15) is 5.60 Å². The van der Waals surface area contributed by atoms with Crippen LogP contribution in [0.5, 0.6) is 0 Å². The van der Waals surface area contributed by atoms with Crippen LogP contribution in [0.4, 0.5) is 4.79 Å². The van der Waals surface area contributed by atoms with Crippen molar-refractivity contribution in [3.63, 3.8) is 0 Å². The van der Waals surface area contributed by atoms with Crippen LogP contribution < -0.4 is 10.6 Å². The van der Waals surface area contributed by atoms with Gasteiger partial charge < -0.3 is 15.4 Å². The number of hydrogen-bond acceptors (Lipinski definition) is 3. The lowest BCUT2D eigenvalue weighted by Gasteiger charge is -2.35. The zero-order chi connectivity index (χ0) is 15.3. The van der Waals surface area contributed by atoms with Gasteiger partial charge in [0.05, 0.1) is 0 Å². The van der Waals surface area contributed by atoms with Crippen molar-refractivity contribution >= 4 is 6.09 Å². The van der Waals surface area contributed by atoms with Gasteiger partial charge in [-0.15, -0.1) is 0 Å². The van der Waals surface area contributed by atoms with Gasteiger partial charge in [-0.3, -0.25) is 0 Å². The molecule has 1 rings (SSSR count). The summed E-state index contributed by atoms with van der Waals surface area (Å²) in [5, 5.41) is 6.48. The minimum atomic E-state index is -0.440. The highest BCUT2D eigenvalue weighted by Gasteiger charge is 2.27. The van der Waals surface area contributed by atoms with E-state index in [1.165, 1.54) is 19.3 Å². The van der Waals surface area contributed by atoms with E-state index in [-0.39, 0.29) is 12.1 Å². The standard InChI is InChI=1S/C16H32N2O2/c1-11-8-7-9-14(13(11)3)17-10-12(2)18-15(19)20-16(4,5)6/h11-14,17H,7-10H2,1-6H3,(H,18,19). The normalized spacial score (nSPS) is 28.8. The first-order chi connectivity index (χ1) is 9.19. The average molecular weight is 284 g/mol. The monoisotopic (exact) mass is 284 g/mol. The van der Waals surface area contributed by atoms with Gasteiger partial charge >= 0.3 is 6.09 Å². The third-order valence-electron chi connectivity index (χ3n) is 4.16. The molecule has 0 saturated heterocycles. The van der Waals surface area contributed by atoms with Crippen LogP contribution in [-0.4, -0.2) is 30.3 Å². The molecule has 4 nitrogen and oxygen atoms in total. The molecular weight excluding hydrogens is 252 g/mol. The molecule has 0 bridgehead atoms. The van der Waals surface area contributed by atoms with E-state index >= 15 is 0 Å². The maximum absolute atomic E-state index is 11.7. The number of rotatable bonds is 4. The molecule has 0 aromatic carbocycles. The van der Waals surface area contributed by atoms with Crippen LogP contribution >= 0.6 is 0 Å². The third kappa shape index (κ3) is 6.12. The average Bonchev–Trinajstić information content (AvgIpc) is 2.28. The fourth-order valence-corrected chi connectivity index (χ4v) is 2.76. The molecule has 1 aliphatic rings. The maximum Gasteiger partial charge on any atom is 0.407 e. The molecule has 4 unspecified atom stereocenters. The highest BCUT2D eigenvalue weighted by Crippen LogP contribution is 2.29. The first kappa shape index (κ1) is 17.3. The van der Waals surface area contributed by atoms with Crippen LogP contribution in [0.2, 0.25) is 0 Å². The molecule has 1 aliphatic carbocycles. The largest absolute Gasteiger partial charge is 0.444 e. The van der Waals surface area contributed by atoms with Gasteiger partial charge in [0, 0.05) is 18.6 Å². The van der Waals surface area contributed by atoms with Crippen molar-refractivity contribution in [1.82, 2.24) is 10.6 Å². The minimum Gasteiger partial charge on any atom is -0.444 e. The number of nitrogens with one attached hydrogen (secondary N) is 2. The minimum absolute atomic E-state index is 0.0780. The Morgan fingerprint density at radius 1 is 1.30 bits per heavy atom. The molecule has 1 saturated carbocycles. The molecule has 4 heteroatoms. The van der Waals surface area contributed by atoms with Crippen LogP contribution in [0.1, 0.15) is 60.8 Å². The zero-order valence-corrected chi connectivity index (χ0v) is 14.0. The van der Waals surface area contributed by atoms with Crippen molar-refractivity contribution in [2.45, 2.75) is 78.5 Å². The lowest BCUT2D eigenvalue weighted by Crippen LogP contribution is -2.48. The number of ether oxygens (including phenoxy) is 1. The summed E-state index contributed by atoms with van der Waals surface area (Å²) in [5.74, 6) is 1.49. The van der Waals surface area contributed by atoms with Gasteiger partial charge in [0.15, 0.2) is 0 Å². The fourth-order valence-electron chi connectivity index (χ4n) is 2.76. The summed E-state index contributed by atoms with van der Waals surface area (Å²) in [4.78, 5) is 11.7. The lowest BCUT2D eigenvalue weighted by molar-refractivity contribution is 0.0506. The summed E-state index contributed by atoms with van der Waals surface area (Å²) in [5.41, 5.74) is -0.440. The number of carbonyl (C=O) groups excluding carboxylic acids is 1. The molecule has 0 spiro atoms. The van der Waals surface area contributed by atoms with Crippen LogP contribution in [0, 0.1) is 11.8 Å². The van der Waals surface area contributed by atoms with Gasteiger partial charge in [-0.1, -0.05) is 26.7 Å². The molecule has 20 heavy (non-hydrogen) atoms. The predicted molar refractivity (Wildman–Crippen MR) is 82.8 cm³/mol. The van der Waals surface area contributed by atoms with Crippen LogP contribution in [0.15, 0.2) is 0 Å². The molecule has 0 radical (unpaired) electrons. The van der Waals surface area contributed by atoms with E-state index in [9.17, 15) is 4.79 Å². The van der Waals surface area contributed by atoms with Crippen molar-refractivity contribution in [2.75, 3.05) is 6.54 Å². The second kappa shape index (κ2) is 7.30. The molecule has 2 N–H and O–H groups in total. The number of alkyl carbamates (subject to hydrolysis) is 1. The SMILES string of the molecule is CC(CNC1CCCC(C)C1C)NC(=O)OC(C)(C)C. The molecule has 118 valence electrons. The van der Waals surface area contributed by atoms with Crippen molar-refractivity contribution in [2.24, 2.45) is 11.8 Å². The van der Waals surface area contributed by atoms with Crippen molar-refractivity contribution < 1.29 is 9.53 Å². The molecular formula is C16H32N2O2. The second-order valence-electron chi connectivity index (χ2n) is 7.33. The Kier molecular flexibility index (Phi) is 6.31. The van der Waals surface area contributed by atoms with Crippen LogP contribution in [-0.2, 0) is 4.74 Å². The first-order valence-electron chi connectivity index (χ1n) is 7.92. The quantitative estimate of drug-likeness (QED) is 0.832. The Morgan fingerprint density at radius 2 is 1.95 bits per heavy atom. The van der Waals surface area contributed by atoms with E-state index in [4.69, 9.17) is 4.74 Å². The lowest BCUT2D eigenvalue weighted by atomic mass is 9.78. The summed E-state index contributed by atoms with van der Waals surface area (Å²) in [7, 11) is 0. The number of carbonyl (C=O) groups is 1. The molecule has 1 amide bonds. The predicted octanol–water partition coefficient (Wildman–Crippen LogP) is 3.31. The molecule has 0 heterocycles. The summed E-state index contributed by atoms with van der Waals surface area (Å²) >= 11 is 0. The molecule has 0 aromatic heterocycles. The Morgan fingerprint density at radius 3 is 2.55 bits per heavy atom. The maximum atomic E-state index is 11.7. The van der Waals surface area contributed by atoms with Gasteiger partial charge in [-0.25, -0.2) is 4.79 Å². The number of amides is 1. The Balaban J connectivity index is 2.29. The van der Waals surface area contributed by atoms with Gasteiger partial charge in [0.25, 0.3) is 0 Å². The highest BCUT2D eigenvalue weighted by atomic mass is 16.6. The smallest absolute Gasteiger partial charge is 0.407 e. The second-order valence-corrected chi connectivity index (χ2v) is 7.33. The van der Waals surface area contributed by atoms with Gasteiger partial charge in [-0.05, 0) is 46.0 Å². The van der Waals surface area contributed by atoms with Crippen molar-refractivity contribution in [3.8, 4) is 0 Å². The Hall–Kier alpha value is -0.770. The summed E-state index contributed by atoms with van der Waals surface area (Å²) in [6.45, 7) is 13.1. The molecule has 1 fully saturated rings. The Labute approximate surface area is 124 Å². The first-order valence-corrected chi connectivity index (χ1v) is 7.92. The van der Waals surface area contributed by atoms with Gasteiger partial charge in [0.2, 0.25) is 0 Å². The fraction of sp³-hybridized carbons (Fsp3) is 0.938.